The number of Topliss-reactive ketones (excluding diaryl/α,β-unsaturated/α-hetero) is 1. The molecule has 0 saturated carbocycles. The average molecular weight is 290 g/mol. The topological polar surface area (TPSA) is 67.4 Å². The summed E-state index contributed by atoms with van der Waals surface area (Å²) in [6.45, 7) is 5.46. The minimum Gasteiger partial charge on any atom is -0.379 e. The Bertz CT molecular complexity index is 516. The third-order valence-electron chi connectivity index (χ3n) is 3.61. The third-order valence-corrected chi connectivity index (χ3v) is 3.61. The van der Waals surface area contributed by atoms with Crippen LogP contribution in [-0.2, 0) is 9.53 Å². The van der Waals surface area contributed by atoms with Crippen molar-refractivity contribution in [1.29, 1.82) is 0 Å². The van der Waals surface area contributed by atoms with E-state index in [2.05, 4.69) is 17.6 Å². The Kier molecular flexibility index (Phi) is 5.47. The predicted molar refractivity (Wildman–Crippen MR) is 81.5 cm³/mol. The van der Waals surface area contributed by atoms with Gasteiger partial charge in [-0.3, -0.25) is 9.59 Å². The maximum absolute atomic E-state index is 12.4. The lowest BCUT2D eigenvalue weighted by atomic mass is 10.0. The van der Waals surface area contributed by atoms with Gasteiger partial charge in [0.05, 0.1) is 19.1 Å². The smallest absolute Gasteiger partial charge is 0.231 e. The monoisotopic (exact) mass is 290 g/mol. The highest BCUT2D eigenvalue weighted by atomic mass is 16.5. The van der Waals surface area contributed by atoms with Gasteiger partial charge in [-0.05, 0) is 32.0 Å². The second-order valence-corrected chi connectivity index (χ2v) is 5.33. The van der Waals surface area contributed by atoms with E-state index in [4.69, 9.17) is 4.74 Å². The van der Waals surface area contributed by atoms with Crippen molar-refractivity contribution in [2.75, 3.05) is 25.1 Å². The van der Waals surface area contributed by atoms with E-state index in [1.54, 1.807) is 24.3 Å². The van der Waals surface area contributed by atoms with Crippen LogP contribution in [0, 0.1) is 5.92 Å². The first-order chi connectivity index (χ1) is 10.1. The Balaban J connectivity index is 2.00. The first-order valence-corrected chi connectivity index (χ1v) is 7.34. The van der Waals surface area contributed by atoms with Crippen LogP contribution in [0.4, 0.5) is 5.69 Å². The van der Waals surface area contributed by atoms with Crippen molar-refractivity contribution in [1.82, 2.24) is 5.32 Å². The molecule has 2 unspecified atom stereocenters. The molecule has 1 fully saturated rings. The summed E-state index contributed by atoms with van der Waals surface area (Å²) in [5.74, 6) is -0.280. The number of benzene rings is 1. The fourth-order valence-corrected chi connectivity index (χ4v) is 2.39. The summed E-state index contributed by atoms with van der Waals surface area (Å²) in [5.41, 5.74) is 1.24. The summed E-state index contributed by atoms with van der Waals surface area (Å²) >= 11 is 0. The zero-order valence-electron chi connectivity index (χ0n) is 12.5. The fourth-order valence-electron chi connectivity index (χ4n) is 2.39. The van der Waals surface area contributed by atoms with Gasteiger partial charge in [0.2, 0.25) is 5.91 Å². The van der Waals surface area contributed by atoms with E-state index in [0.717, 1.165) is 13.0 Å². The fraction of sp³-hybridized carbons (Fsp3) is 0.500. The first kappa shape index (κ1) is 15.7. The molecule has 1 aromatic carbocycles. The molecule has 1 aliphatic rings. The molecule has 0 radical (unpaired) electrons. The summed E-state index contributed by atoms with van der Waals surface area (Å²) in [6.07, 6.45) is 1.02. The molecule has 1 aromatic rings. The SMILES string of the molecule is CCCNC1COCC1C(=O)Nc1cccc(C(C)=O)c1. The van der Waals surface area contributed by atoms with Crippen molar-refractivity contribution in [2.24, 2.45) is 5.92 Å². The molecule has 0 bridgehead atoms. The molecule has 0 aromatic heterocycles. The van der Waals surface area contributed by atoms with Gasteiger partial charge in [0, 0.05) is 17.3 Å². The summed E-state index contributed by atoms with van der Waals surface area (Å²) in [4.78, 5) is 23.7. The second kappa shape index (κ2) is 7.33. The number of carbonyl (C=O) groups excluding carboxylic acids is 2. The van der Waals surface area contributed by atoms with Crippen molar-refractivity contribution in [3.63, 3.8) is 0 Å². The number of amides is 1. The van der Waals surface area contributed by atoms with E-state index in [0.29, 0.717) is 24.5 Å². The van der Waals surface area contributed by atoms with E-state index in [1.807, 2.05) is 0 Å². The highest BCUT2D eigenvalue weighted by Gasteiger charge is 2.33. The Labute approximate surface area is 125 Å². The highest BCUT2D eigenvalue weighted by Crippen LogP contribution is 2.18. The Morgan fingerprint density at radius 1 is 1.33 bits per heavy atom. The van der Waals surface area contributed by atoms with Crippen molar-refractivity contribution < 1.29 is 14.3 Å². The van der Waals surface area contributed by atoms with Gasteiger partial charge in [0.25, 0.3) is 0 Å². The predicted octanol–water partition coefficient (Wildman–Crippen LogP) is 1.84. The second-order valence-electron chi connectivity index (χ2n) is 5.33. The van der Waals surface area contributed by atoms with Crippen molar-refractivity contribution in [2.45, 2.75) is 26.3 Å². The minimum atomic E-state index is -0.197. The van der Waals surface area contributed by atoms with Crippen LogP contribution in [0.15, 0.2) is 24.3 Å². The molecule has 2 rings (SSSR count). The van der Waals surface area contributed by atoms with Crippen LogP contribution in [0.2, 0.25) is 0 Å². The Morgan fingerprint density at radius 2 is 2.14 bits per heavy atom. The number of ketones is 1. The maximum Gasteiger partial charge on any atom is 0.231 e. The van der Waals surface area contributed by atoms with E-state index in [9.17, 15) is 9.59 Å². The largest absolute Gasteiger partial charge is 0.379 e. The number of hydrogen-bond donors (Lipinski definition) is 2. The van der Waals surface area contributed by atoms with Gasteiger partial charge in [-0.25, -0.2) is 0 Å². The zero-order valence-corrected chi connectivity index (χ0v) is 12.5. The van der Waals surface area contributed by atoms with E-state index < -0.39 is 0 Å². The lowest BCUT2D eigenvalue weighted by molar-refractivity contribution is -0.120. The third kappa shape index (κ3) is 4.12. The van der Waals surface area contributed by atoms with Crippen LogP contribution < -0.4 is 10.6 Å². The number of carbonyl (C=O) groups is 2. The van der Waals surface area contributed by atoms with E-state index in [-0.39, 0.29) is 23.7 Å². The Morgan fingerprint density at radius 3 is 2.86 bits per heavy atom. The van der Waals surface area contributed by atoms with E-state index >= 15 is 0 Å². The molecule has 1 aliphatic heterocycles. The number of nitrogens with one attached hydrogen (secondary N) is 2. The summed E-state index contributed by atoms with van der Waals surface area (Å²) < 4.78 is 5.41. The number of rotatable bonds is 6. The lowest BCUT2D eigenvalue weighted by Gasteiger charge is -2.18. The van der Waals surface area contributed by atoms with Gasteiger partial charge in [-0.1, -0.05) is 19.1 Å². The molecule has 0 spiro atoms. The van der Waals surface area contributed by atoms with Gasteiger partial charge in [-0.2, -0.15) is 0 Å². The molecule has 5 heteroatoms. The molecule has 1 heterocycles. The molecule has 0 aliphatic carbocycles. The van der Waals surface area contributed by atoms with Gasteiger partial charge in [0.15, 0.2) is 5.78 Å². The van der Waals surface area contributed by atoms with Crippen molar-refractivity contribution >= 4 is 17.4 Å². The van der Waals surface area contributed by atoms with Crippen molar-refractivity contribution in [3.05, 3.63) is 29.8 Å². The number of hydrogen-bond acceptors (Lipinski definition) is 4. The summed E-state index contributed by atoms with van der Waals surface area (Å²) in [6, 6.07) is 7.05. The molecular formula is C16H22N2O3. The molecule has 1 saturated heterocycles. The van der Waals surface area contributed by atoms with Crippen molar-refractivity contribution in [3.8, 4) is 0 Å². The summed E-state index contributed by atoms with van der Waals surface area (Å²) in [7, 11) is 0. The lowest BCUT2D eigenvalue weighted by Crippen LogP contribution is -2.41. The average Bonchev–Trinajstić information content (AvgIpc) is 2.93. The van der Waals surface area contributed by atoms with Crippen LogP contribution in [0.5, 0.6) is 0 Å². The van der Waals surface area contributed by atoms with Crippen LogP contribution in [0.3, 0.4) is 0 Å². The van der Waals surface area contributed by atoms with Gasteiger partial charge in [0.1, 0.15) is 0 Å². The van der Waals surface area contributed by atoms with Crippen LogP contribution in [-0.4, -0.2) is 37.5 Å². The molecule has 114 valence electrons. The standard InChI is InChI=1S/C16H22N2O3/c1-3-7-17-15-10-21-9-14(15)16(20)18-13-6-4-5-12(8-13)11(2)19/h4-6,8,14-15,17H,3,7,9-10H2,1-2H3,(H,18,20). The van der Waals surface area contributed by atoms with Gasteiger partial charge < -0.3 is 15.4 Å². The molecule has 5 nitrogen and oxygen atoms in total. The molecule has 2 atom stereocenters. The van der Waals surface area contributed by atoms with Crippen LogP contribution >= 0.6 is 0 Å². The van der Waals surface area contributed by atoms with Crippen LogP contribution in [0.1, 0.15) is 30.6 Å². The first-order valence-electron chi connectivity index (χ1n) is 7.34. The van der Waals surface area contributed by atoms with Gasteiger partial charge >= 0.3 is 0 Å². The zero-order chi connectivity index (χ0) is 15.2. The summed E-state index contributed by atoms with van der Waals surface area (Å²) in [5, 5.41) is 6.21. The molecular weight excluding hydrogens is 268 g/mol. The quantitative estimate of drug-likeness (QED) is 0.785. The van der Waals surface area contributed by atoms with E-state index in [1.165, 1.54) is 6.92 Å². The molecule has 21 heavy (non-hydrogen) atoms. The minimum absolute atomic E-state index is 0.0159. The maximum atomic E-state index is 12.4. The van der Waals surface area contributed by atoms with Crippen LogP contribution in [0.25, 0.3) is 0 Å². The number of anilines is 1. The Hall–Kier alpha value is -1.72. The highest BCUT2D eigenvalue weighted by molar-refractivity contribution is 5.97. The molecule has 2 N–H and O–H groups in total. The number of ether oxygens (including phenoxy) is 1. The normalized spacial score (nSPS) is 21.2. The molecule has 1 amide bonds. The van der Waals surface area contributed by atoms with Gasteiger partial charge in [-0.15, -0.1) is 0 Å².